The first-order valence-corrected chi connectivity index (χ1v) is 6.24. The smallest absolute Gasteiger partial charge is 0.0738 e. The van der Waals surface area contributed by atoms with Crippen LogP contribution in [0.1, 0.15) is 24.5 Å². The van der Waals surface area contributed by atoms with E-state index in [-0.39, 0.29) is 12.1 Å². The fourth-order valence-electron chi connectivity index (χ4n) is 1.97. The SMILES string of the molecule is CCC(OC)C(Cc1ccc(C)cc1Cl)NN. The lowest BCUT2D eigenvalue weighted by molar-refractivity contribution is 0.0654. The van der Waals surface area contributed by atoms with E-state index in [0.29, 0.717) is 0 Å². The summed E-state index contributed by atoms with van der Waals surface area (Å²) in [4.78, 5) is 0. The molecule has 96 valence electrons. The summed E-state index contributed by atoms with van der Waals surface area (Å²) in [5.41, 5.74) is 5.07. The minimum atomic E-state index is 0.0743. The highest BCUT2D eigenvalue weighted by molar-refractivity contribution is 6.31. The van der Waals surface area contributed by atoms with E-state index in [1.54, 1.807) is 7.11 Å². The van der Waals surface area contributed by atoms with Crippen molar-refractivity contribution in [3.8, 4) is 0 Å². The summed E-state index contributed by atoms with van der Waals surface area (Å²) in [7, 11) is 1.70. The zero-order chi connectivity index (χ0) is 12.8. The van der Waals surface area contributed by atoms with E-state index >= 15 is 0 Å². The van der Waals surface area contributed by atoms with Crippen molar-refractivity contribution in [2.24, 2.45) is 5.84 Å². The van der Waals surface area contributed by atoms with Crippen LogP contribution in [0, 0.1) is 6.92 Å². The number of nitrogens with two attached hydrogens (primary N) is 1. The standard InChI is InChI=1S/C13H21ClN2O/c1-4-13(17-3)12(16-15)8-10-6-5-9(2)7-11(10)14/h5-7,12-13,16H,4,8,15H2,1-3H3. The van der Waals surface area contributed by atoms with E-state index in [1.807, 2.05) is 19.1 Å². The highest BCUT2D eigenvalue weighted by Gasteiger charge is 2.19. The molecule has 4 heteroatoms. The molecule has 2 atom stereocenters. The molecule has 0 fully saturated rings. The van der Waals surface area contributed by atoms with Crippen molar-refractivity contribution in [2.45, 2.75) is 38.8 Å². The molecule has 0 heterocycles. The Hall–Kier alpha value is -0.610. The Morgan fingerprint density at radius 2 is 2.18 bits per heavy atom. The first-order chi connectivity index (χ1) is 8.12. The fourth-order valence-corrected chi connectivity index (χ4v) is 2.28. The van der Waals surface area contributed by atoms with Gasteiger partial charge in [0.15, 0.2) is 0 Å². The van der Waals surface area contributed by atoms with Gasteiger partial charge >= 0.3 is 0 Å². The lowest BCUT2D eigenvalue weighted by Crippen LogP contribution is -2.46. The number of hydrogen-bond donors (Lipinski definition) is 2. The molecule has 1 rings (SSSR count). The maximum absolute atomic E-state index is 6.21. The third kappa shape index (κ3) is 3.96. The van der Waals surface area contributed by atoms with Crippen LogP contribution in [0.4, 0.5) is 0 Å². The third-order valence-electron chi connectivity index (χ3n) is 3.02. The molecule has 0 spiro atoms. The summed E-state index contributed by atoms with van der Waals surface area (Å²) >= 11 is 6.21. The summed E-state index contributed by atoms with van der Waals surface area (Å²) in [5, 5.41) is 0.788. The van der Waals surface area contributed by atoms with Gasteiger partial charge in [-0.05, 0) is 37.0 Å². The summed E-state index contributed by atoms with van der Waals surface area (Å²) in [5.74, 6) is 5.58. The molecular formula is C13H21ClN2O. The van der Waals surface area contributed by atoms with Crippen LogP contribution in [0.5, 0.6) is 0 Å². The summed E-state index contributed by atoms with van der Waals surface area (Å²) < 4.78 is 5.40. The van der Waals surface area contributed by atoms with Gasteiger partial charge in [0.2, 0.25) is 0 Å². The zero-order valence-corrected chi connectivity index (χ0v) is 11.4. The maximum Gasteiger partial charge on any atom is 0.0738 e. The molecule has 1 aromatic carbocycles. The van der Waals surface area contributed by atoms with Crippen molar-refractivity contribution in [1.29, 1.82) is 0 Å². The van der Waals surface area contributed by atoms with Gasteiger partial charge in [-0.15, -0.1) is 0 Å². The van der Waals surface area contributed by atoms with Gasteiger partial charge in [0, 0.05) is 12.1 Å². The van der Waals surface area contributed by atoms with Crippen molar-refractivity contribution in [2.75, 3.05) is 7.11 Å². The van der Waals surface area contributed by atoms with Crippen molar-refractivity contribution < 1.29 is 4.74 Å². The topological polar surface area (TPSA) is 47.3 Å². The first kappa shape index (κ1) is 14.5. The molecule has 3 N–H and O–H groups in total. The molecule has 2 unspecified atom stereocenters. The average molecular weight is 257 g/mol. The molecule has 0 saturated carbocycles. The Morgan fingerprint density at radius 1 is 1.47 bits per heavy atom. The monoisotopic (exact) mass is 256 g/mol. The quantitative estimate of drug-likeness (QED) is 0.607. The van der Waals surface area contributed by atoms with E-state index in [9.17, 15) is 0 Å². The van der Waals surface area contributed by atoms with Crippen LogP contribution in [0.25, 0.3) is 0 Å². The summed E-state index contributed by atoms with van der Waals surface area (Å²) in [6.07, 6.45) is 1.77. The third-order valence-corrected chi connectivity index (χ3v) is 3.37. The van der Waals surface area contributed by atoms with Crippen LogP contribution in [0.15, 0.2) is 18.2 Å². The predicted molar refractivity (Wildman–Crippen MR) is 72.1 cm³/mol. The van der Waals surface area contributed by atoms with Crippen LogP contribution in [0.3, 0.4) is 0 Å². The van der Waals surface area contributed by atoms with Gasteiger partial charge in [-0.25, -0.2) is 0 Å². The Labute approximate surface area is 108 Å². The van der Waals surface area contributed by atoms with E-state index < -0.39 is 0 Å². The van der Waals surface area contributed by atoms with Gasteiger partial charge < -0.3 is 4.74 Å². The number of rotatable bonds is 6. The largest absolute Gasteiger partial charge is 0.380 e. The number of benzene rings is 1. The predicted octanol–water partition coefficient (Wildman–Crippen LogP) is 2.45. The minimum Gasteiger partial charge on any atom is -0.380 e. The average Bonchev–Trinajstić information content (AvgIpc) is 2.32. The molecule has 17 heavy (non-hydrogen) atoms. The van der Waals surface area contributed by atoms with Crippen molar-refractivity contribution in [1.82, 2.24) is 5.43 Å². The first-order valence-electron chi connectivity index (χ1n) is 5.86. The normalized spacial score (nSPS) is 14.6. The number of halogens is 1. The number of ether oxygens (including phenoxy) is 1. The molecule has 0 aromatic heterocycles. The molecule has 0 radical (unpaired) electrons. The number of nitrogens with one attached hydrogen (secondary N) is 1. The van der Waals surface area contributed by atoms with Gasteiger partial charge in [-0.2, -0.15) is 0 Å². The molecule has 3 nitrogen and oxygen atoms in total. The number of hydrazine groups is 1. The number of aryl methyl sites for hydroxylation is 1. The van der Waals surface area contributed by atoms with Crippen LogP contribution in [-0.2, 0) is 11.2 Å². The lowest BCUT2D eigenvalue weighted by atomic mass is 9.99. The number of hydrogen-bond acceptors (Lipinski definition) is 3. The number of methoxy groups -OCH3 is 1. The molecule has 0 aliphatic carbocycles. The maximum atomic E-state index is 6.21. The highest BCUT2D eigenvalue weighted by Crippen LogP contribution is 2.20. The highest BCUT2D eigenvalue weighted by atomic mass is 35.5. The molecule has 1 aromatic rings. The van der Waals surface area contributed by atoms with Crippen molar-refractivity contribution in [3.63, 3.8) is 0 Å². The van der Waals surface area contributed by atoms with Crippen molar-refractivity contribution in [3.05, 3.63) is 34.3 Å². The lowest BCUT2D eigenvalue weighted by Gasteiger charge is -2.24. The minimum absolute atomic E-state index is 0.0743. The van der Waals surface area contributed by atoms with Crippen molar-refractivity contribution >= 4 is 11.6 Å². The molecule has 0 aliphatic heterocycles. The van der Waals surface area contributed by atoms with Gasteiger partial charge in [-0.1, -0.05) is 30.7 Å². The Bertz CT molecular complexity index is 353. The van der Waals surface area contributed by atoms with E-state index in [4.69, 9.17) is 22.2 Å². The van der Waals surface area contributed by atoms with Gasteiger partial charge in [0.1, 0.15) is 0 Å². The molecule has 0 saturated heterocycles. The van der Waals surface area contributed by atoms with Gasteiger partial charge in [-0.3, -0.25) is 11.3 Å². The zero-order valence-electron chi connectivity index (χ0n) is 10.7. The molecular weight excluding hydrogens is 236 g/mol. The van der Waals surface area contributed by atoms with E-state index in [2.05, 4.69) is 18.4 Å². The summed E-state index contributed by atoms with van der Waals surface area (Å²) in [6.45, 7) is 4.10. The van der Waals surface area contributed by atoms with Crippen LogP contribution >= 0.6 is 11.6 Å². The van der Waals surface area contributed by atoms with Gasteiger partial charge in [0.05, 0.1) is 12.1 Å². The Balaban J connectivity index is 2.80. The van der Waals surface area contributed by atoms with Crippen LogP contribution in [0.2, 0.25) is 5.02 Å². The molecule has 0 aliphatic rings. The van der Waals surface area contributed by atoms with E-state index in [1.165, 1.54) is 0 Å². The molecule has 0 bridgehead atoms. The molecule has 0 amide bonds. The second kappa shape index (κ2) is 6.97. The van der Waals surface area contributed by atoms with E-state index in [0.717, 1.165) is 29.0 Å². The van der Waals surface area contributed by atoms with Crippen LogP contribution < -0.4 is 11.3 Å². The van der Waals surface area contributed by atoms with Crippen LogP contribution in [-0.4, -0.2) is 19.3 Å². The van der Waals surface area contributed by atoms with Gasteiger partial charge in [0.25, 0.3) is 0 Å². The second-order valence-corrected chi connectivity index (χ2v) is 4.66. The summed E-state index contributed by atoms with van der Waals surface area (Å²) in [6, 6.07) is 6.15. The second-order valence-electron chi connectivity index (χ2n) is 4.25. The Kier molecular flexibility index (Phi) is 5.92. The Morgan fingerprint density at radius 3 is 2.65 bits per heavy atom. The fraction of sp³-hybridized carbons (Fsp3) is 0.538.